The molecule has 3 aliphatic rings. The number of rotatable bonds is 7. The molecule has 3 saturated heterocycles. The number of halogens is 2. The maximum Gasteiger partial charge on any atom is 0.476 e. The van der Waals surface area contributed by atoms with Gasteiger partial charge in [0.2, 0.25) is 0 Å². The number of hydrogen-bond donors (Lipinski definition) is 3. The van der Waals surface area contributed by atoms with Gasteiger partial charge in [0.15, 0.2) is 0 Å². The number of aliphatic carboxylic acids is 1. The van der Waals surface area contributed by atoms with Crippen LogP contribution >= 0.6 is 0 Å². The van der Waals surface area contributed by atoms with Gasteiger partial charge < -0.3 is 15.3 Å². The van der Waals surface area contributed by atoms with Crippen molar-refractivity contribution in [2.45, 2.75) is 62.8 Å². The van der Waals surface area contributed by atoms with Crippen LogP contribution in [0, 0.1) is 0 Å². The van der Waals surface area contributed by atoms with E-state index in [4.69, 9.17) is 9.94 Å². The van der Waals surface area contributed by atoms with E-state index in [1.54, 1.807) is 0 Å². The molecule has 0 aliphatic carbocycles. The smallest absolute Gasteiger partial charge is 0.475 e. The van der Waals surface area contributed by atoms with Crippen molar-refractivity contribution in [1.29, 1.82) is 0 Å². The van der Waals surface area contributed by atoms with Crippen LogP contribution in [0.4, 0.5) is 13.6 Å². The van der Waals surface area contributed by atoms with Crippen LogP contribution in [0.15, 0.2) is 0 Å². The van der Waals surface area contributed by atoms with Crippen molar-refractivity contribution >= 4 is 17.9 Å². The van der Waals surface area contributed by atoms with Gasteiger partial charge in [0.05, 0.1) is 12.6 Å². The molecular formula is C16H24F2N4O6. The number of carboxylic acids is 1. The monoisotopic (exact) mass is 406 g/mol. The molecule has 158 valence electrons. The standard InChI is InChI=1S/C16H24F2N4O6/c17-16(18,14(24)25)28-22-11-5-6-12(21(8-11)15(22)26)13(23)20-27-9-10-4-2-1-3-7-19-10/h10-12,19H,1-9H2,(H,20,23)(H,24,25)/t10-,11+,12+/m1/s1. The Hall–Kier alpha value is -2.05. The van der Waals surface area contributed by atoms with Crippen LogP contribution in [0.1, 0.15) is 38.5 Å². The second kappa shape index (κ2) is 8.53. The summed E-state index contributed by atoms with van der Waals surface area (Å²) in [4.78, 5) is 45.8. The van der Waals surface area contributed by atoms with E-state index < -0.39 is 36.1 Å². The second-order valence-corrected chi connectivity index (χ2v) is 7.20. The predicted molar refractivity (Wildman–Crippen MR) is 88.8 cm³/mol. The molecule has 3 heterocycles. The summed E-state index contributed by atoms with van der Waals surface area (Å²) in [6.45, 7) is 1.18. The maximum atomic E-state index is 13.3. The lowest BCUT2D eigenvalue weighted by molar-refractivity contribution is -0.327. The zero-order chi connectivity index (χ0) is 20.3. The Labute approximate surface area is 160 Å². The summed E-state index contributed by atoms with van der Waals surface area (Å²) in [5.74, 6) is -3.04. The van der Waals surface area contributed by atoms with Crippen LogP contribution in [0.5, 0.6) is 0 Å². The number of carbonyl (C=O) groups excluding carboxylic acids is 2. The number of amides is 3. The van der Waals surface area contributed by atoms with Crippen molar-refractivity contribution in [3.63, 3.8) is 0 Å². The van der Waals surface area contributed by atoms with Crippen LogP contribution < -0.4 is 10.8 Å². The molecule has 0 aromatic rings. The number of hydroxylamine groups is 3. The first kappa shape index (κ1) is 20.7. The average molecular weight is 406 g/mol. The van der Waals surface area contributed by atoms with Crippen molar-refractivity contribution in [1.82, 2.24) is 20.8 Å². The molecule has 3 fully saturated rings. The highest BCUT2D eigenvalue weighted by Crippen LogP contribution is 2.33. The summed E-state index contributed by atoms with van der Waals surface area (Å²) in [5, 5.41) is 12.2. The van der Waals surface area contributed by atoms with Gasteiger partial charge >= 0.3 is 18.1 Å². The normalized spacial score (nSPS) is 28.2. The molecule has 28 heavy (non-hydrogen) atoms. The van der Waals surface area contributed by atoms with E-state index in [1.807, 2.05) is 0 Å². The molecule has 0 spiro atoms. The zero-order valence-electron chi connectivity index (χ0n) is 15.2. The minimum atomic E-state index is -4.53. The van der Waals surface area contributed by atoms with E-state index in [0.717, 1.165) is 37.1 Å². The van der Waals surface area contributed by atoms with Gasteiger partial charge in [-0.05, 0) is 32.2 Å². The van der Waals surface area contributed by atoms with Gasteiger partial charge in [-0.25, -0.2) is 15.1 Å². The molecule has 10 nitrogen and oxygen atoms in total. The number of piperidine rings is 1. The largest absolute Gasteiger partial charge is 0.476 e. The van der Waals surface area contributed by atoms with E-state index in [2.05, 4.69) is 15.6 Å². The Morgan fingerprint density at radius 3 is 2.79 bits per heavy atom. The van der Waals surface area contributed by atoms with Crippen LogP contribution in [0.2, 0.25) is 0 Å². The summed E-state index contributed by atoms with van der Waals surface area (Å²) in [6.07, 6.45) is 0.193. The first-order valence-corrected chi connectivity index (χ1v) is 9.35. The summed E-state index contributed by atoms with van der Waals surface area (Å²) < 4.78 is 26.6. The highest BCUT2D eigenvalue weighted by Gasteiger charge is 2.53. The summed E-state index contributed by atoms with van der Waals surface area (Å²) in [7, 11) is 0. The third kappa shape index (κ3) is 4.50. The first-order valence-electron chi connectivity index (χ1n) is 9.35. The van der Waals surface area contributed by atoms with E-state index in [0.29, 0.717) is 5.06 Å². The topological polar surface area (TPSA) is 120 Å². The Balaban J connectivity index is 1.51. The molecule has 0 saturated carbocycles. The fourth-order valence-electron chi connectivity index (χ4n) is 3.71. The first-order chi connectivity index (χ1) is 13.3. The van der Waals surface area contributed by atoms with Gasteiger partial charge in [0.1, 0.15) is 6.04 Å². The minimum Gasteiger partial charge on any atom is -0.475 e. The minimum absolute atomic E-state index is 0.00317. The average Bonchev–Trinajstić information content (AvgIpc) is 2.85. The lowest BCUT2D eigenvalue weighted by Crippen LogP contribution is -2.50. The molecule has 0 radical (unpaired) electrons. The quantitative estimate of drug-likeness (QED) is 0.525. The predicted octanol–water partition coefficient (Wildman–Crippen LogP) is 0.444. The van der Waals surface area contributed by atoms with Crippen molar-refractivity contribution in [3.05, 3.63) is 0 Å². The van der Waals surface area contributed by atoms with Crippen molar-refractivity contribution in [2.24, 2.45) is 0 Å². The lowest BCUT2D eigenvalue weighted by Gasteiger charge is -2.29. The SMILES string of the molecule is O=C(NOC[C@H]1CCCCCN1)[C@@H]1CC[C@H]2CN1C(=O)N2OC(F)(F)C(=O)O. The number of carboxylic acid groups (broad SMARTS) is 1. The molecule has 0 aromatic carbocycles. The Morgan fingerprint density at radius 1 is 1.25 bits per heavy atom. The highest BCUT2D eigenvalue weighted by molar-refractivity contribution is 5.88. The van der Waals surface area contributed by atoms with Crippen LogP contribution in [-0.2, 0) is 19.3 Å². The van der Waals surface area contributed by atoms with Gasteiger partial charge in [-0.3, -0.25) is 9.63 Å². The molecule has 3 atom stereocenters. The fraction of sp³-hybridized carbons (Fsp3) is 0.812. The molecule has 0 aromatic heterocycles. The summed E-state index contributed by atoms with van der Waals surface area (Å²) in [6, 6.07) is -2.46. The Kier molecular flexibility index (Phi) is 6.30. The second-order valence-electron chi connectivity index (χ2n) is 7.20. The van der Waals surface area contributed by atoms with Crippen LogP contribution in [-0.4, -0.2) is 76.9 Å². The molecule has 3 amide bonds. The number of hydrogen-bond acceptors (Lipinski definition) is 6. The molecule has 3 rings (SSSR count). The number of nitrogens with zero attached hydrogens (tertiary/aromatic N) is 2. The van der Waals surface area contributed by atoms with E-state index in [-0.39, 0.29) is 32.0 Å². The molecule has 2 bridgehead atoms. The van der Waals surface area contributed by atoms with E-state index in [1.165, 1.54) is 0 Å². The number of alkyl halides is 2. The number of urea groups is 1. The molecular weight excluding hydrogens is 382 g/mol. The molecule has 3 aliphatic heterocycles. The van der Waals surface area contributed by atoms with E-state index in [9.17, 15) is 23.2 Å². The van der Waals surface area contributed by atoms with Crippen LogP contribution in [0.25, 0.3) is 0 Å². The van der Waals surface area contributed by atoms with Gasteiger partial charge in [0, 0.05) is 12.6 Å². The third-order valence-corrected chi connectivity index (χ3v) is 5.21. The van der Waals surface area contributed by atoms with Gasteiger partial charge in [-0.2, -0.15) is 18.7 Å². The molecule has 3 N–H and O–H groups in total. The van der Waals surface area contributed by atoms with Crippen LogP contribution in [0.3, 0.4) is 0 Å². The Bertz CT molecular complexity index is 614. The lowest BCUT2D eigenvalue weighted by atomic mass is 10.0. The van der Waals surface area contributed by atoms with Crippen molar-refractivity contribution in [3.8, 4) is 0 Å². The van der Waals surface area contributed by atoms with Gasteiger partial charge in [-0.15, -0.1) is 0 Å². The molecule has 0 unspecified atom stereocenters. The molecule has 12 heteroatoms. The zero-order valence-corrected chi connectivity index (χ0v) is 15.2. The number of nitrogens with one attached hydrogen (secondary N) is 2. The number of fused-ring (bicyclic) bond motifs is 2. The van der Waals surface area contributed by atoms with Gasteiger partial charge in [-0.1, -0.05) is 12.8 Å². The maximum absolute atomic E-state index is 13.3. The third-order valence-electron chi connectivity index (χ3n) is 5.21. The van der Waals surface area contributed by atoms with Crippen molar-refractivity contribution < 1.29 is 37.9 Å². The van der Waals surface area contributed by atoms with Crippen molar-refractivity contribution in [2.75, 3.05) is 19.7 Å². The van der Waals surface area contributed by atoms with Gasteiger partial charge in [0.25, 0.3) is 5.91 Å². The summed E-state index contributed by atoms with van der Waals surface area (Å²) in [5.41, 5.74) is 2.33. The highest BCUT2D eigenvalue weighted by atomic mass is 19.3. The van der Waals surface area contributed by atoms with E-state index >= 15 is 0 Å². The number of carbonyl (C=O) groups is 3. The fourth-order valence-corrected chi connectivity index (χ4v) is 3.71. The summed E-state index contributed by atoms with van der Waals surface area (Å²) >= 11 is 0. The Morgan fingerprint density at radius 2 is 2.04 bits per heavy atom.